The number of aromatic hydroxyl groups is 3. The third-order valence-corrected chi connectivity index (χ3v) is 5.10. The Labute approximate surface area is 167 Å². The Bertz CT molecular complexity index is 1070. The molecule has 29 heavy (non-hydrogen) atoms. The summed E-state index contributed by atoms with van der Waals surface area (Å²) in [6.45, 7) is 0. The lowest BCUT2D eigenvalue weighted by Gasteiger charge is -2.28. The van der Waals surface area contributed by atoms with E-state index in [0.29, 0.717) is 16.9 Å². The van der Waals surface area contributed by atoms with E-state index in [1.54, 1.807) is 12.1 Å². The molecule has 1 atom stereocenters. The van der Waals surface area contributed by atoms with Crippen LogP contribution in [0.25, 0.3) is 0 Å². The predicted octanol–water partition coefficient (Wildman–Crippen LogP) is 4.11. The van der Waals surface area contributed by atoms with Crippen molar-refractivity contribution in [2.24, 2.45) is 0 Å². The molecule has 1 aliphatic heterocycles. The van der Waals surface area contributed by atoms with Crippen molar-refractivity contribution in [1.82, 2.24) is 0 Å². The maximum Gasteiger partial charge on any atom is 0.174 e. The molecule has 1 unspecified atom stereocenters. The number of carbonyl (C=O) groups excluding carboxylic acids is 1. The largest absolute Gasteiger partial charge is 0.508 e. The Balaban J connectivity index is 1.83. The molecule has 0 bridgehead atoms. The number of fused-ring (bicyclic) bond motifs is 1. The maximum absolute atomic E-state index is 12.8. The average molecular weight is 392 g/mol. The molecule has 4 rings (SSSR count). The van der Waals surface area contributed by atoms with Crippen molar-refractivity contribution in [1.29, 1.82) is 0 Å². The molecule has 148 valence electrons. The molecule has 6 nitrogen and oxygen atoms in total. The summed E-state index contributed by atoms with van der Waals surface area (Å²) >= 11 is 0. The molecule has 3 N–H and O–H groups in total. The number of phenols is 3. The molecule has 0 spiro atoms. The van der Waals surface area contributed by atoms with Crippen molar-refractivity contribution in [2.45, 2.75) is 18.9 Å². The standard InChI is InChI=1S/C23H20O6/c1-28-20-9-5-8-16(24)14(20)10-15-17(25)11-18(26)22-19(27)12-21(29-23(15)22)13-6-3-2-4-7-13/h2-9,11,21,24-26H,10,12H2,1H3. The zero-order chi connectivity index (χ0) is 20.5. The number of hydrogen-bond donors (Lipinski definition) is 3. The van der Waals surface area contributed by atoms with Gasteiger partial charge in [0.2, 0.25) is 0 Å². The molecule has 3 aromatic rings. The van der Waals surface area contributed by atoms with Gasteiger partial charge in [-0.3, -0.25) is 4.79 Å². The van der Waals surface area contributed by atoms with Crippen LogP contribution in [0, 0.1) is 0 Å². The minimum atomic E-state index is -0.539. The zero-order valence-corrected chi connectivity index (χ0v) is 15.8. The summed E-state index contributed by atoms with van der Waals surface area (Å²) in [5.41, 5.74) is 1.60. The lowest BCUT2D eigenvalue weighted by molar-refractivity contribution is 0.0842. The van der Waals surface area contributed by atoms with E-state index >= 15 is 0 Å². The molecule has 0 fully saturated rings. The van der Waals surface area contributed by atoms with Crippen LogP contribution in [0.2, 0.25) is 0 Å². The molecule has 6 heteroatoms. The van der Waals surface area contributed by atoms with Crippen molar-refractivity contribution in [3.05, 3.63) is 76.9 Å². The predicted molar refractivity (Wildman–Crippen MR) is 106 cm³/mol. The van der Waals surface area contributed by atoms with Crippen LogP contribution >= 0.6 is 0 Å². The summed E-state index contributed by atoms with van der Waals surface area (Å²) in [7, 11) is 1.48. The van der Waals surface area contributed by atoms with Crippen molar-refractivity contribution in [3.63, 3.8) is 0 Å². The fourth-order valence-electron chi connectivity index (χ4n) is 3.65. The van der Waals surface area contributed by atoms with Gasteiger partial charge in [-0.1, -0.05) is 36.4 Å². The normalized spacial score (nSPS) is 15.5. The van der Waals surface area contributed by atoms with Crippen molar-refractivity contribution >= 4 is 5.78 Å². The fourth-order valence-corrected chi connectivity index (χ4v) is 3.65. The molecule has 0 aromatic heterocycles. The summed E-state index contributed by atoms with van der Waals surface area (Å²) in [5, 5.41) is 31.1. The molecule has 0 saturated carbocycles. The second kappa shape index (κ2) is 7.39. The SMILES string of the molecule is COc1cccc(O)c1Cc1c(O)cc(O)c2c1OC(c1ccccc1)CC2=O. The van der Waals surface area contributed by atoms with Crippen LogP contribution in [0.5, 0.6) is 28.7 Å². The molecule has 1 aliphatic rings. The first-order valence-electron chi connectivity index (χ1n) is 9.17. The van der Waals surface area contributed by atoms with Gasteiger partial charge in [-0.25, -0.2) is 0 Å². The van der Waals surface area contributed by atoms with Crippen molar-refractivity contribution in [2.75, 3.05) is 7.11 Å². The summed E-state index contributed by atoms with van der Waals surface area (Å²) in [6, 6.07) is 15.3. The molecule has 0 aliphatic carbocycles. The van der Waals surface area contributed by atoms with Crippen LogP contribution in [0.4, 0.5) is 0 Å². The van der Waals surface area contributed by atoms with Gasteiger partial charge in [0.05, 0.1) is 13.5 Å². The molecule has 0 saturated heterocycles. The third kappa shape index (κ3) is 3.33. The average Bonchev–Trinajstić information content (AvgIpc) is 2.71. The third-order valence-electron chi connectivity index (χ3n) is 5.10. The summed E-state index contributed by atoms with van der Waals surface area (Å²) < 4.78 is 11.4. The lowest BCUT2D eigenvalue weighted by atomic mass is 9.91. The van der Waals surface area contributed by atoms with Crippen LogP contribution in [-0.2, 0) is 6.42 Å². The van der Waals surface area contributed by atoms with E-state index in [-0.39, 0.29) is 47.2 Å². The smallest absolute Gasteiger partial charge is 0.174 e. The summed E-state index contributed by atoms with van der Waals surface area (Å²) in [6.07, 6.45) is -0.407. The van der Waals surface area contributed by atoms with E-state index in [2.05, 4.69) is 0 Å². The fraction of sp³-hybridized carbons (Fsp3) is 0.174. The van der Waals surface area contributed by atoms with E-state index in [0.717, 1.165) is 11.6 Å². The number of phenolic OH excluding ortho intramolecular Hbond substituents is 3. The van der Waals surface area contributed by atoms with Crippen molar-refractivity contribution < 1.29 is 29.6 Å². The highest BCUT2D eigenvalue weighted by Crippen LogP contribution is 2.47. The highest BCUT2D eigenvalue weighted by atomic mass is 16.5. The second-order valence-corrected chi connectivity index (χ2v) is 6.88. The first-order chi connectivity index (χ1) is 14.0. The van der Waals surface area contributed by atoms with Gasteiger partial charge in [-0.15, -0.1) is 0 Å². The molecular formula is C23H20O6. The summed E-state index contributed by atoms with van der Waals surface area (Å²) in [5.74, 6) is -0.281. The number of rotatable bonds is 4. The number of methoxy groups -OCH3 is 1. The second-order valence-electron chi connectivity index (χ2n) is 6.88. The van der Waals surface area contributed by atoms with Crippen molar-refractivity contribution in [3.8, 4) is 28.7 Å². The Morgan fingerprint density at radius 3 is 2.45 bits per heavy atom. The number of benzene rings is 3. The Morgan fingerprint density at radius 2 is 1.72 bits per heavy atom. The Kier molecular flexibility index (Phi) is 4.76. The molecule has 0 radical (unpaired) electrons. The van der Waals surface area contributed by atoms with Crippen LogP contribution in [0.15, 0.2) is 54.6 Å². The number of carbonyl (C=O) groups is 1. The number of ketones is 1. The van der Waals surface area contributed by atoms with E-state index in [4.69, 9.17) is 9.47 Å². The van der Waals surface area contributed by atoms with Gasteiger partial charge in [0.25, 0.3) is 0 Å². The highest BCUT2D eigenvalue weighted by molar-refractivity contribution is 6.03. The minimum absolute atomic E-state index is 0.00711. The lowest BCUT2D eigenvalue weighted by Crippen LogP contribution is -2.21. The van der Waals surface area contributed by atoms with Gasteiger partial charge >= 0.3 is 0 Å². The van der Waals surface area contributed by atoms with Gasteiger partial charge in [-0.05, 0) is 17.7 Å². The topological polar surface area (TPSA) is 96.2 Å². The molecular weight excluding hydrogens is 372 g/mol. The minimum Gasteiger partial charge on any atom is -0.508 e. The number of Topliss-reactive ketones (excluding diaryl/α,β-unsaturated/α-hetero) is 1. The van der Waals surface area contributed by atoms with E-state index in [1.807, 2.05) is 30.3 Å². The maximum atomic E-state index is 12.8. The molecule has 1 heterocycles. The van der Waals surface area contributed by atoms with E-state index in [1.165, 1.54) is 13.2 Å². The van der Waals surface area contributed by atoms with Gasteiger partial charge in [-0.2, -0.15) is 0 Å². The van der Waals surface area contributed by atoms with Gasteiger partial charge < -0.3 is 24.8 Å². The van der Waals surface area contributed by atoms with Crippen LogP contribution in [0.1, 0.15) is 39.6 Å². The van der Waals surface area contributed by atoms with E-state index in [9.17, 15) is 20.1 Å². The van der Waals surface area contributed by atoms with Gasteiger partial charge in [0, 0.05) is 23.6 Å². The highest BCUT2D eigenvalue weighted by Gasteiger charge is 2.34. The van der Waals surface area contributed by atoms with Gasteiger partial charge in [0.15, 0.2) is 5.78 Å². The Morgan fingerprint density at radius 1 is 0.966 bits per heavy atom. The van der Waals surface area contributed by atoms with Gasteiger partial charge in [0.1, 0.15) is 40.4 Å². The van der Waals surface area contributed by atoms with E-state index < -0.39 is 6.10 Å². The Hall–Kier alpha value is -3.67. The number of hydrogen-bond acceptors (Lipinski definition) is 6. The monoisotopic (exact) mass is 392 g/mol. The van der Waals surface area contributed by atoms with Crippen LogP contribution < -0.4 is 9.47 Å². The van der Waals surface area contributed by atoms with Crippen LogP contribution in [-0.4, -0.2) is 28.2 Å². The van der Waals surface area contributed by atoms with Crippen LogP contribution in [0.3, 0.4) is 0 Å². The molecule has 3 aromatic carbocycles. The molecule has 0 amide bonds. The zero-order valence-electron chi connectivity index (χ0n) is 15.8. The first-order valence-corrected chi connectivity index (χ1v) is 9.17. The number of ether oxygens (including phenoxy) is 2. The quantitative estimate of drug-likeness (QED) is 0.618. The summed E-state index contributed by atoms with van der Waals surface area (Å²) in [4.78, 5) is 12.8. The first kappa shape index (κ1) is 18.7.